The molecule has 0 atom stereocenters. The van der Waals surface area contributed by atoms with Gasteiger partial charge in [0.1, 0.15) is 5.69 Å². The van der Waals surface area contributed by atoms with Crippen molar-refractivity contribution in [2.75, 3.05) is 6.54 Å². The van der Waals surface area contributed by atoms with Gasteiger partial charge in [0.15, 0.2) is 0 Å². The minimum absolute atomic E-state index is 0. The Kier molecular flexibility index (Phi) is 6.68. The van der Waals surface area contributed by atoms with Crippen LogP contribution in [-0.2, 0) is 5.54 Å². The lowest BCUT2D eigenvalue weighted by atomic mass is 10.1. The fourth-order valence-corrected chi connectivity index (χ4v) is 2.36. The van der Waals surface area contributed by atoms with E-state index < -0.39 is 5.54 Å². The summed E-state index contributed by atoms with van der Waals surface area (Å²) in [6.07, 6.45) is 1.76. The quantitative estimate of drug-likeness (QED) is 0.840. The third-order valence-corrected chi connectivity index (χ3v) is 3.81. The highest BCUT2D eigenvalue weighted by molar-refractivity contribution is 6.33. The largest absolute Gasteiger partial charge is 0.350 e. The summed E-state index contributed by atoms with van der Waals surface area (Å²) >= 11 is 6.31. The molecular weight excluding hydrogens is 359 g/mol. The first-order chi connectivity index (χ1) is 11.0. The SMILES string of the molecule is CC(C)(N)CNC(=O)c1cn(C(C)(C)C)nc1-c1ccccc1Cl.Cl. The Morgan fingerprint density at radius 3 is 2.36 bits per heavy atom. The predicted molar refractivity (Wildman–Crippen MR) is 106 cm³/mol. The first-order valence-corrected chi connectivity index (χ1v) is 8.29. The second kappa shape index (κ2) is 7.77. The van der Waals surface area contributed by atoms with Crippen LogP contribution < -0.4 is 11.1 Å². The van der Waals surface area contributed by atoms with Crippen molar-refractivity contribution in [3.05, 3.63) is 41.0 Å². The zero-order valence-corrected chi connectivity index (χ0v) is 16.8. The highest BCUT2D eigenvalue weighted by Gasteiger charge is 2.24. The number of nitrogens with two attached hydrogens (primary N) is 1. The van der Waals surface area contributed by atoms with Crippen molar-refractivity contribution >= 4 is 29.9 Å². The Bertz CT molecular complexity index is 742. The maximum absolute atomic E-state index is 12.7. The van der Waals surface area contributed by atoms with Crippen LogP contribution in [0.1, 0.15) is 45.0 Å². The molecule has 3 N–H and O–H groups in total. The van der Waals surface area contributed by atoms with E-state index in [1.807, 2.05) is 52.8 Å². The van der Waals surface area contributed by atoms with Crippen LogP contribution in [0.25, 0.3) is 11.3 Å². The number of benzene rings is 1. The van der Waals surface area contributed by atoms with Crippen molar-refractivity contribution in [1.29, 1.82) is 0 Å². The average Bonchev–Trinajstić information content (AvgIpc) is 2.89. The summed E-state index contributed by atoms with van der Waals surface area (Å²) < 4.78 is 1.79. The van der Waals surface area contributed by atoms with Gasteiger partial charge in [-0.25, -0.2) is 0 Å². The van der Waals surface area contributed by atoms with Crippen molar-refractivity contribution in [3.63, 3.8) is 0 Å². The van der Waals surface area contributed by atoms with E-state index in [0.717, 1.165) is 5.56 Å². The molecule has 2 aromatic rings. The first kappa shape index (κ1) is 21.5. The highest BCUT2D eigenvalue weighted by Crippen LogP contribution is 2.30. The van der Waals surface area contributed by atoms with Gasteiger partial charge in [0.05, 0.1) is 16.1 Å². The smallest absolute Gasteiger partial charge is 0.255 e. The topological polar surface area (TPSA) is 72.9 Å². The number of hydrogen-bond donors (Lipinski definition) is 2. The van der Waals surface area contributed by atoms with Gasteiger partial charge < -0.3 is 11.1 Å². The molecule has 1 aromatic heterocycles. The Hall–Kier alpha value is -1.56. The molecule has 1 aromatic carbocycles. The third-order valence-electron chi connectivity index (χ3n) is 3.48. The second-order valence-electron chi connectivity index (χ2n) is 7.66. The summed E-state index contributed by atoms with van der Waals surface area (Å²) in [6.45, 7) is 10.2. The highest BCUT2D eigenvalue weighted by atomic mass is 35.5. The zero-order chi connectivity index (χ0) is 18.1. The molecular formula is C18H26Cl2N4O. The van der Waals surface area contributed by atoms with Gasteiger partial charge in [-0.2, -0.15) is 5.10 Å². The van der Waals surface area contributed by atoms with Gasteiger partial charge >= 0.3 is 0 Å². The number of hydrogen-bond acceptors (Lipinski definition) is 3. The molecule has 0 bridgehead atoms. The van der Waals surface area contributed by atoms with Crippen molar-refractivity contribution in [3.8, 4) is 11.3 Å². The van der Waals surface area contributed by atoms with Gasteiger partial charge in [0, 0.05) is 23.8 Å². The molecule has 0 aliphatic rings. The molecule has 0 fully saturated rings. The minimum atomic E-state index is -0.486. The summed E-state index contributed by atoms with van der Waals surface area (Å²) in [6, 6.07) is 7.38. The fourth-order valence-electron chi connectivity index (χ4n) is 2.14. The van der Waals surface area contributed by atoms with Crippen LogP contribution in [0.15, 0.2) is 30.5 Å². The predicted octanol–water partition coefficient (Wildman–Crippen LogP) is 3.85. The maximum Gasteiger partial charge on any atom is 0.255 e. The van der Waals surface area contributed by atoms with Gasteiger partial charge in [0.2, 0.25) is 0 Å². The molecule has 0 unspecified atom stereocenters. The maximum atomic E-state index is 12.7. The lowest BCUT2D eigenvalue weighted by Gasteiger charge is -2.19. The first-order valence-electron chi connectivity index (χ1n) is 7.91. The van der Waals surface area contributed by atoms with E-state index in [-0.39, 0.29) is 23.9 Å². The number of rotatable bonds is 4. The van der Waals surface area contributed by atoms with E-state index in [9.17, 15) is 4.79 Å². The minimum Gasteiger partial charge on any atom is -0.350 e. The molecule has 2 rings (SSSR count). The lowest BCUT2D eigenvalue weighted by Crippen LogP contribution is -2.45. The average molecular weight is 385 g/mol. The Balaban J connectivity index is 0.00000312. The number of carbonyl (C=O) groups is 1. The van der Waals surface area contributed by atoms with Crippen LogP contribution in [0.2, 0.25) is 5.02 Å². The fraction of sp³-hybridized carbons (Fsp3) is 0.444. The van der Waals surface area contributed by atoms with E-state index in [4.69, 9.17) is 17.3 Å². The van der Waals surface area contributed by atoms with Crippen LogP contribution in [0.4, 0.5) is 0 Å². The molecule has 1 amide bonds. The number of carbonyl (C=O) groups excluding carboxylic acids is 1. The van der Waals surface area contributed by atoms with E-state index in [2.05, 4.69) is 10.4 Å². The number of halogens is 2. The van der Waals surface area contributed by atoms with Crippen LogP contribution in [0, 0.1) is 0 Å². The molecule has 1 heterocycles. The summed E-state index contributed by atoms with van der Waals surface area (Å²) in [7, 11) is 0. The van der Waals surface area contributed by atoms with Gasteiger partial charge in [-0.15, -0.1) is 12.4 Å². The standard InChI is InChI=1S/C18H25ClN4O.ClH/c1-17(2,3)23-10-13(16(24)21-11-18(4,5)20)15(22-23)12-8-6-7-9-14(12)19;/h6-10H,11,20H2,1-5H3,(H,21,24);1H. The van der Waals surface area contributed by atoms with Crippen molar-refractivity contribution < 1.29 is 4.79 Å². The molecule has 25 heavy (non-hydrogen) atoms. The Morgan fingerprint density at radius 2 is 1.84 bits per heavy atom. The number of nitrogens with one attached hydrogen (secondary N) is 1. The molecule has 0 saturated heterocycles. The zero-order valence-electron chi connectivity index (χ0n) is 15.3. The van der Waals surface area contributed by atoms with E-state index in [0.29, 0.717) is 22.8 Å². The molecule has 138 valence electrons. The number of aromatic nitrogens is 2. The van der Waals surface area contributed by atoms with E-state index >= 15 is 0 Å². The second-order valence-corrected chi connectivity index (χ2v) is 8.07. The summed E-state index contributed by atoms with van der Waals surface area (Å²) in [5.41, 5.74) is 7.01. The monoisotopic (exact) mass is 384 g/mol. The van der Waals surface area contributed by atoms with Crippen LogP contribution >= 0.6 is 24.0 Å². The van der Waals surface area contributed by atoms with Gasteiger partial charge in [-0.1, -0.05) is 29.8 Å². The molecule has 0 aliphatic carbocycles. The molecule has 7 heteroatoms. The van der Waals surface area contributed by atoms with Crippen LogP contribution in [0.3, 0.4) is 0 Å². The van der Waals surface area contributed by atoms with Crippen molar-refractivity contribution in [2.24, 2.45) is 5.73 Å². The van der Waals surface area contributed by atoms with Gasteiger partial charge in [-0.05, 0) is 40.7 Å². The Morgan fingerprint density at radius 1 is 1.24 bits per heavy atom. The summed E-state index contributed by atoms with van der Waals surface area (Å²) in [5.74, 6) is -0.209. The van der Waals surface area contributed by atoms with Gasteiger partial charge in [0.25, 0.3) is 5.91 Å². The third kappa shape index (κ3) is 5.46. The molecule has 0 aliphatic heterocycles. The molecule has 0 spiro atoms. The number of nitrogens with zero attached hydrogens (tertiary/aromatic N) is 2. The van der Waals surface area contributed by atoms with E-state index in [1.54, 1.807) is 16.9 Å². The lowest BCUT2D eigenvalue weighted by molar-refractivity contribution is 0.0946. The van der Waals surface area contributed by atoms with Crippen molar-refractivity contribution in [1.82, 2.24) is 15.1 Å². The summed E-state index contributed by atoms with van der Waals surface area (Å²) in [4.78, 5) is 12.7. The van der Waals surface area contributed by atoms with Gasteiger partial charge in [-0.3, -0.25) is 9.48 Å². The summed E-state index contributed by atoms with van der Waals surface area (Å²) in [5, 5.41) is 8.05. The van der Waals surface area contributed by atoms with Crippen LogP contribution in [-0.4, -0.2) is 27.8 Å². The number of amides is 1. The molecule has 0 radical (unpaired) electrons. The van der Waals surface area contributed by atoms with Crippen LogP contribution in [0.5, 0.6) is 0 Å². The molecule has 5 nitrogen and oxygen atoms in total. The normalized spacial score (nSPS) is 11.8. The van der Waals surface area contributed by atoms with E-state index in [1.165, 1.54) is 0 Å². The Labute approximate surface area is 160 Å². The molecule has 0 saturated carbocycles. The van der Waals surface area contributed by atoms with Crippen molar-refractivity contribution in [2.45, 2.75) is 45.7 Å².